The average molecular weight is 605 g/mol. The maximum Gasteiger partial charge on any atom is 0.338 e. The van der Waals surface area contributed by atoms with Gasteiger partial charge in [0, 0.05) is 0 Å². The van der Waals surface area contributed by atoms with Crippen LogP contribution in [0.2, 0.25) is 0 Å². The molecule has 0 aliphatic carbocycles. The summed E-state index contributed by atoms with van der Waals surface area (Å²) < 4.78 is 19.4. The van der Waals surface area contributed by atoms with E-state index in [2.05, 4.69) is 24.3 Å². The van der Waals surface area contributed by atoms with Crippen molar-refractivity contribution in [2.45, 2.75) is 32.9 Å². The first kappa shape index (κ1) is 29.1. The van der Waals surface area contributed by atoms with Crippen LogP contribution in [0.4, 0.5) is 0 Å². The first-order valence-corrected chi connectivity index (χ1v) is 15.4. The van der Waals surface area contributed by atoms with Crippen LogP contribution < -0.4 is 24.4 Å². The van der Waals surface area contributed by atoms with Gasteiger partial charge in [-0.25, -0.2) is 9.79 Å². The van der Waals surface area contributed by atoms with Crippen LogP contribution in [0.5, 0.6) is 11.5 Å². The third-order valence-electron chi connectivity index (χ3n) is 7.59. The Morgan fingerprint density at radius 3 is 2.48 bits per heavy atom. The summed E-state index contributed by atoms with van der Waals surface area (Å²) in [6.45, 7) is 4.72. The molecule has 0 saturated heterocycles. The predicted molar refractivity (Wildman–Crippen MR) is 173 cm³/mol. The summed E-state index contributed by atoms with van der Waals surface area (Å²) in [5.74, 6) is 0.727. The Bertz CT molecular complexity index is 2050. The fourth-order valence-electron chi connectivity index (χ4n) is 5.54. The number of fused-ring (bicyclic) bond motifs is 2. The highest BCUT2D eigenvalue weighted by molar-refractivity contribution is 7.07. The number of rotatable bonds is 9. The summed E-state index contributed by atoms with van der Waals surface area (Å²) in [5.41, 5.74) is 3.45. The lowest BCUT2D eigenvalue weighted by Crippen LogP contribution is -2.40. The molecule has 0 amide bonds. The number of hydrogen-bond acceptors (Lipinski definition) is 7. The molecule has 44 heavy (non-hydrogen) atoms. The van der Waals surface area contributed by atoms with Crippen LogP contribution in [0.15, 0.2) is 112 Å². The number of benzene rings is 4. The smallest absolute Gasteiger partial charge is 0.338 e. The van der Waals surface area contributed by atoms with Crippen LogP contribution in [0.25, 0.3) is 16.8 Å². The van der Waals surface area contributed by atoms with E-state index in [1.165, 1.54) is 18.4 Å². The molecule has 0 bridgehead atoms. The Hall–Kier alpha value is -4.95. The molecule has 0 fully saturated rings. The van der Waals surface area contributed by atoms with Crippen LogP contribution in [-0.2, 0) is 16.1 Å². The number of carbonyl (C=O) groups is 1. The monoisotopic (exact) mass is 604 g/mol. The maximum absolute atomic E-state index is 13.9. The number of thiazole rings is 1. The molecule has 0 radical (unpaired) electrons. The van der Waals surface area contributed by atoms with Gasteiger partial charge in [0.05, 0.1) is 35.6 Å². The van der Waals surface area contributed by atoms with Crippen molar-refractivity contribution < 1.29 is 19.0 Å². The summed E-state index contributed by atoms with van der Waals surface area (Å²) in [4.78, 5) is 32.2. The van der Waals surface area contributed by atoms with E-state index in [1.54, 1.807) is 4.57 Å². The first-order chi connectivity index (χ1) is 21.5. The van der Waals surface area contributed by atoms with Gasteiger partial charge in [-0.3, -0.25) is 9.36 Å². The molecule has 0 unspecified atom stereocenters. The van der Waals surface area contributed by atoms with Crippen molar-refractivity contribution in [2.24, 2.45) is 4.99 Å². The SMILES string of the molecule is CCOc1cc(/C=c2\sc3n(c2=O)[C@H](c2ccccc2)C(C(=O)OC)=C(CC)N=3)ccc1OCc1cccc2ccccc12. The van der Waals surface area contributed by atoms with Crippen molar-refractivity contribution in [3.63, 3.8) is 0 Å². The minimum absolute atomic E-state index is 0.228. The Labute approximate surface area is 259 Å². The topological polar surface area (TPSA) is 79.1 Å². The lowest BCUT2D eigenvalue weighted by Gasteiger charge is -2.25. The van der Waals surface area contributed by atoms with Crippen molar-refractivity contribution in [1.82, 2.24) is 4.57 Å². The van der Waals surface area contributed by atoms with Crippen LogP contribution in [-0.4, -0.2) is 24.3 Å². The number of hydrogen-bond donors (Lipinski definition) is 0. The number of nitrogens with zero attached hydrogens (tertiary/aromatic N) is 2. The van der Waals surface area contributed by atoms with Gasteiger partial charge in [-0.05, 0) is 59.0 Å². The highest BCUT2D eigenvalue weighted by Crippen LogP contribution is 2.32. The molecular formula is C36H32N2O5S. The van der Waals surface area contributed by atoms with E-state index in [1.807, 2.05) is 86.7 Å². The Morgan fingerprint density at radius 2 is 1.70 bits per heavy atom. The van der Waals surface area contributed by atoms with E-state index in [4.69, 9.17) is 19.2 Å². The van der Waals surface area contributed by atoms with Crippen molar-refractivity contribution >= 4 is 34.2 Å². The summed E-state index contributed by atoms with van der Waals surface area (Å²) in [7, 11) is 1.35. The molecule has 0 N–H and O–H groups in total. The normalized spacial score (nSPS) is 14.7. The molecule has 7 nitrogen and oxygen atoms in total. The summed E-state index contributed by atoms with van der Waals surface area (Å²) >= 11 is 1.30. The predicted octanol–water partition coefficient (Wildman–Crippen LogP) is 5.93. The number of methoxy groups -OCH3 is 1. The molecule has 1 aromatic heterocycles. The standard InChI is InChI=1S/C36H32N2O5S/c1-4-28-32(35(40)41-3)33(25-13-7-6-8-14-25)38-34(39)31(44-36(38)37-28)21-23-18-19-29(30(20-23)42-5-2)43-22-26-16-11-15-24-12-9-10-17-27(24)26/h6-21,33H,4-5,22H2,1-3H3/b31-21-/t33-/m1/s1. The van der Waals surface area contributed by atoms with Gasteiger partial charge in [-0.1, -0.05) is 97.1 Å². The van der Waals surface area contributed by atoms with Gasteiger partial charge in [0.15, 0.2) is 16.3 Å². The second-order valence-electron chi connectivity index (χ2n) is 10.3. The summed E-state index contributed by atoms with van der Waals surface area (Å²) in [6, 6.07) is 29.0. The molecule has 4 aromatic carbocycles. The van der Waals surface area contributed by atoms with Gasteiger partial charge < -0.3 is 14.2 Å². The zero-order valence-corrected chi connectivity index (χ0v) is 25.6. The fraction of sp³-hybridized carbons (Fsp3) is 0.194. The molecule has 0 spiro atoms. The molecule has 1 aliphatic rings. The maximum atomic E-state index is 13.9. The quantitative estimate of drug-likeness (QED) is 0.195. The second kappa shape index (κ2) is 12.7. The first-order valence-electron chi connectivity index (χ1n) is 14.6. The molecule has 222 valence electrons. The zero-order valence-electron chi connectivity index (χ0n) is 24.8. The van der Waals surface area contributed by atoms with Crippen molar-refractivity contribution in [2.75, 3.05) is 13.7 Å². The van der Waals surface area contributed by atoms with Crippen molar-refractivity contribution in [3.05, 3.63) is 139 Å². The van der Waals surface area contributed by atoms with E-state index in [0.717, 1.165) is 27.5 Å². The van der Waals surface area contributed by atoms with Gasteiger partial charge in [0.1, 0.15) is 6.61 Å². The van der Waals surface area contributed by atoms with Gasteiger partial charge in [-0.2, -0.15) is 0 Å². The highest BCUT2D eigenvalue weighted by atomic mass is 32.1. The molecule has 1 aliphatic heterocycles. The lowest BCUT2D eigenvalue weighted by molar-refractivity contribution is -0.136. The highest BCUT2D eigenvalue weighted by Gasteiger charge is 2.33. The van der Waals surface area contributed by atoms with E-state index in [0.29, 0.717) is 51.7 Å². The van der Waals surface area contributed by atoms with Gasteiger partial charge in [0.25, 0.3) is 5.56 Å². The molecule has 1 atom stereocenters. The van der Waals surface area contributed by atoms with E-state index in [9.17, 15) is 9.59 Å². The molecule has 0 saturated carbocycles. The number of carbonyl (C=O) groups excluding carboxylic acids is 1. The average Bonchev–Trinajstić information content (AvgIpc) is 3.37. The van der Waals surface area contributed by atoms with E-state index in [-0.39, 0.29) is 5.56 Å². The van der Waals surface area contributed by atoms with Crippen LogP contribution in [0.1, 0.15) is 43.0 Å². The third kappa shape index (κ3) is 5.56. The molecule has 5 aromatic rings. The van der Waals surface area contributed by atoms with Gasteiger partial charge in [0.2, 0.25) is 0 Å². The summed E-state index contributed by atoms with van der Waals surface area (Å²) in [6.07, 6.45) is 2.35. The number of ether oxygens (including phenoxy) is 3. The van der Waals surface area contributed by atoms with Crippen LogP contribution in [0, 0.1) is 0 Å². The fourth-order valence-corrected chi connectivity index (χ4v) is 6.56. The second-order valence-corrected chi connectivity index (χ2v) is 11.3. The lowest BCUT2D eigenvalue weighted by atomic mass is 9.95. The largest absolute Gasteiger partial charge is 0.490 e. The Morgan fingerprint density at radius 1 is 0.932 bits per heavy atom. The van der Waals surface area contributed by atoms with Crippen LogP contribution in [0.3, 0.4) is 0 Å². The Balaban J connectivity index is 1.38. The molecule has 2 heterocycles. The van der Waals surface area contributed by atoms with Gasteiger partial charge >= 0.3 is 5.97 Å². The van der Waals surface area contributed by atoms with Gasteiger partial charge in [-0.15, -0.1) is 0 Å². The minimum atomic E-state index is -0.638. The van der Waals surface area contributed by atoms with Crippen molar-refractivity contribution in [3.8, 4) is 11.5 Å². The number of aromatic nitrogens is 1. The summed E-state index contributed by atoms with van der Waals surface area (Å²) in [5, 5.41) is 2.31. The third-order valence-corrected chi connectivity index (χ3v) is 8.58. The zero-order chi connectivity index (χ0) is 30.6. The Kier molecular flexibility index (Phi) is 8.43. The molecular weight excluding hydrogens is 572 g/mol. The van der Waals surface area contributed by atoms with E-state index < -0.39 is 12.0 Å². The molecule has 6 rings (SSSR count). The van der Waals surface area contributed by atoms with Crippen LogP contribution >= 0.6 is 11.3 Å². The van der Waals surface area contributed by atoms with Crippen molar-refractivity contribution in [1.29, 1.82) is 0 Å². The molecule has 8 heteroatoms. The number of esters is 1. The number of allylic oxidation sites excluding steroid dienone is 1. The minimum Gasteiger partial charge on any atom is -0.490 e. The van der Waals surface area contributed by atoms with E-state index >= 15 is 0 Å².